The van der Waals surface area contributed by atoms with E-state index in [0.717, 1.165) is 6.42 Å². The standard InChI is InChI=1S/C8H10O3S.C6H13NO2/c1-2-7-5-3-4-6-8(7)12(9,10)11;1-3-4(2)5(7)6(8)9/h3-6H,2H2,1H3,(H,9,10,11);4-5H,3,7H2,1-2H3,(H,8,9)/t;4-,5-/m.0/s1. The molecular weight excluding hydrogens is 294 g/mol. The van der Waals surface area contributed by atoms with Crippen LogP contribution in [0, 0.1) is 5.92 Å². The second kappa shape index (κ2) is 8.76. The lowest BCUT2D eigenvalue weighted by molar-refractivity contribution is -0.139. The molecule has 0 fully saturated rings. The smallest absolute Gasteiger partial charge is 0.320 e. The van der Waals surface area contributed by atoms with Gasteiger partial charge in [0.2, 0.25) is 0 Å². The number of aryl methyl sites for hydroxylation is 1. The lowest BCUT2D eigenvalue weighted by Gasteiger charge is -2.11. The van der Waals surface area contributed by atoms with Gasteiger partial charge in [-0.05, 0) is 24.0 Å². The number of carbonyl (C=O) groups is 1. The molecule has 2 atom stereocenters. The largest absolute Gasteiger partial charge is 0.480 e. The first-order valence-corrected chi connectivity index (χ1v) is 8.12. The van der Waals surface area contributed by atoms with Crippen molar-refractivity contribution < 1.29 is 22.9 Å². The Balaban J connectivity index is 0.000000400. The van der Waals surface area contributed by atoms with Crippen molar-refractivity contribution in [1.29, 1.82) is 0 Å². The molecule has 0 saturated carbocycles. The van der Waals surface area contributed by atoms with E-state index in [0.29, 0.717) is 12.0 Å². The Morgan fingerprint density at radius 1 is 1.29 bits per heavy atom. The van der Waals surface area contributed by atoms with Crippen LogP contribution >= 0.6 is 0 Å². The fraction of sp³-hybridized carbons (Fsp3) is 0.500. The van der Waals surface area contributed by atoms with E-state index in [1.165, 1.54) is 6.07 Å². The summed E-state index contributed by atoms with van der Waals surface area (Å²) in [7, 11) is -4.05. The van der Waals surface area contributed by atoms with Crippen LogP contribution in [-0.2, 0) is 21.3 Å². The third-order valence-electron chi connectivity index (χ3n) is 3.17. The van der Waals surface area contributed by atoms with Crippen LogP contribution in [0.4, 0.5) is 0 Å². The normalized spacial score (nSPS) is 13.8. The quantitative estimate of drug-likeness (QED) is 0.714. The highest BCUT2D eigenvalue weighted by atomic mass is 32.2. The van der Waals surface area contributed by atoms with E-state index in [2.05, 4.69) is 0 Å². The Hall–Kier alpha value is -1.44. The van der Waals surface area contributed by atoms with Crippen LogP contribution in [0.25, 0.3) is 0 Å². The molecule has 4 N–H and O–H groups in total. The first kappa shape index (κ1) is 19.6. The van der Waals surface area contributed by atoms with E-state index in [1.807, 2.05) is 20.8 Å². The molecule has 0 aliphatic rings. The minimum Gasteiger partial charge on any atom is -0.480 e. The lowest BCUT2D eigenvalue weighted by Crippen LogP contribution is -2.36. The van der Waals surface area contributed by atoms with Gasteiger partial charge in [-0.2, -0.15) is 8.42 Å². The van der Waals surface area contributed by atoms with Crippen LogP contribution in [0.15, 0.2) is 29.2 Å². The topological polar surface area (TPSA) is 118 Å². The number of rotatable bonds is 5. The van der Waals surface area contributed by atoms with Gasteiger partial charge >= 0.3 is 5.97 Å². The van der Waals surface area contributed by atoms with Gasteiger partial charge in [0.05, 0.1) is 4.90 Å². The third-order valence-corrected chi connectivity index (χ3v) is 4.13. The average Bonchev–Trinajstić information content (AvgIpc) is 2.45. The SMILES string of the molecule is CC[C@H](C)[C@H](N)C(=O)O.CCc1ccccc1S(=O)(=O)O. The fourth-order valence-corrected chi connectivity index (χ4v) is 2.34. The summed E-state index contributed by atoms with van der Waals surface area (Å²) in [6.07, 6.45) is 1.41. The molecule has 0 amide bonds. The number of aliphatic carboxylic acids is 1. The Morgan fingerprint density at radius 3 is 2.10 bits per heavy atom. The van der Waals surface area contributed by atoms with E-state index in [1.54, 1.807) is 18.2 Å². The molecule has 0 radical (unpaired) electrons. The van der Waals surface area contributed by atoms with E-state index in [-0.39, 0.29) is 10.8 Å². The number of hydrogen-bond donors (Lipinski definition) is 3. The summed E-state index contributed by atoms with van der Waals surface area (Å²) < 4.78 is 30.3. The summed E-state index contributed by atoms with van der Waals surface area (Å²) in [6, 6.07) is 5.71. The lowest BCUT2D eigenvalue weighted by atomic mass is 10.0. The Morgan fingerprint density at radius 2 is 1.81 bits per heavy atom. The average molecular weight is 317 g/mol. The first-order valence-electron chi connectivity index (χ1n) is 6.68. The second-order valence-corrected chi connectivity index (χ2v) is 6.08. The summed E-state index contributed by atoms with van der Waals surface area (Å²) in [5.74, 6) is -0.841. The van der Waals surface area contributed by atoms with E-state index < -0.39 is 22.1 Å². The number of nitrogens with two attached hydrogens (primary N) is 1. The number of carboxylic acid groups (broad SMARTS) is 1. The van der Waals surface area contributed by atoms with Crippen molar-refractivity contribution in [2.45, 2.75) is 44.6 Å². The molecule has 7 heteroatoms. The van der Waals surface area contributed by atoms with Crippen molar-refractivity contribution >= 4 is 16.1 Å². The molecule has 0 aromatic heterocycles. The maximum Gasteiger partial charge on any atom is 0.320 e. The van der Waals surface area contributed by atoms with Crippen molar-refractivity contribution in [2.75, 3.05) is 0 Å². The van der Waals surface area contributed by atoms with Gasteiger partial charge in [0.15, 0.2) is 0 Å². The predicted molar refractivity (Wildman–Crippen MR) is 80.7 cm³/mol. The zero-order chi connectivity index (χ0) is 16.6. The molecule has 1 aromatic rings. The van der Waals surface area contributed by atoms with Crippen molar-refractivity contribution in [1.82, 2.24) is 0 Å². The number of benzene rings is 1. The van der Waals surface area contributed by atoms with Gasteiger partial charge in [-0.15, -0.1) is 0 Å². The molecule has 0 aliphatic heterocycles. The molecule has 0 bridgehead atoms. The molecule has 0 spiro atoms. The molecule has 0 unspecified atom stereocenters. The third kappa shape index (κ3) is 6.70. The van der Waals surface area contributed by atoms with Crippen molar-refractivity contribution in [3.63, 3.8) is 0 Å². The summed E-state index contributed by atoms with van der Waals surface area (Å²) in [4.78, 5) is 10.2. The van der Waals surface area contributed by atoms with Gasteiger partial charge in [-0.25, -0.2) is 0 Å². The van der Waals surface area contributed by atoms with Crippen molar-refractivity contribution in [3.8, 4) is 0 Å². The van der Waals surface area contributed by atoms with Crippen LogP contribution in [-0.4, -0.2) is 30.1 Å². The molecule has 21 heavy (non-hydrogen) atoms. The summed E-state index contributed by atoms with van der Waals surface area (Å²) in [5.41, 5.74) is 5.91. The van der Waals surface area contributed by atoms with E-state index >= 15 is 0 Å². The van der Waals surface area contributed by atoms with Gasteiger partial charge in [0.25, 0.3) is 10.1 Å². The molecule has 0 saturated heterocycles. The highest BCUT2D eigenvalue weighted by Crippen LogP contribution is 2.14. The zero-order valence-electron chi connectivity index (χ0n) is 12.5. The van der Waals surface area contributed by atoms with Gasteiger partial charge in [-0.1, -0.05) is 45.4 Å². The molecule has 1 aromatic carbocycles. The van der Waals surface area contributed by atoms with Gasteiger partial charge in [0.1, 0.15) is 6.04 Å². The van der Waals surface area contributed by atoms with Crippen LogP contribution in [0.5, 0.6) is 0 Å². The van der Waals surface area contributed by atoms with Crippen LogP contribution in [0.3, 0.4) is 0 Å². The van der Waals surface area contributed by atoms with Gasteiger partial charge in [0, 0.05) is 0 Å². The highest BCUT2D eigenvalue weighted by molar-refractivity contribution is 7.85. The fourth-order valence-electron chi connectivity index (χ4n) is 1.54. The Bertz CT molecular complexity index is 556. The molecular formula is C14H23NO5S. The molecule has 120 valence electrons. The highest BCUT2D eigenvalue weighted by Gasteiger charge is 2.17. The number of carboxylic acids is 1. The van der Waals surface area contributed by atoms with Gasteiger partial charge < -0.3 is 10.8 Å². The Kier molecular flexibility index (Phi) is 8.16. The molecule has 0 heterocycles. The van der Waals surface area contributed by atoms with E-state index in [9.17, 15) is 13.2 Å². The first-order chi connectivity index (χ1) is 9.65. The van der Waals surface area contributed by atoms with Crippen molar-refractivity contribution in [2.24, 2.45) is 11.7 Å². The summed E-state index contributed by atoms with van der Waals surface area (Å²) in [6.45, 7) is 5.59. The van der Waals surface area contributed by atoms with Crippen LogP contribution < -0.4 is 5.73 Å². The van der Waals surface area contributed by atoms with Gasteiger partial charge in [-0.3, -0.25) is 9.35 Å². The summed E-state index contributed by atoms with van der Waals surface area (Å²) in [5, 5.41) is 8.36. The Labute approximate surface area is 125 Å². The molecule has 0 aliphatic carbocycles. The van der Waals surface area contributed by atoms with Crippen LogP contribution in [0.1, 0.15) is 32.8 Å². The van der Waals surface area contributed by atoms with E-state index in [4.69, 9.17) is 15.4 Å². The maximum absolute atomic E-state index is 10.8. The second-order valence-electron chi connectivity index (χ2n) is 4.69. The predicted octanol–water partition coefficient (Wildman–Crippen LogP) is 1.94. The summed E-state index contributed by atoms with van der Waals surface area (Å²) >= 11 is 0. The molecule has 6 nitrogen and oxygen atoms in total. The maximum atomic E-state index is 10.8. The van der Waals surface area contributed by atoms with Crippen molar-refractivity contribution in [3.05, 3.63) is 29.8 Å². The number of hydrogen-bond acceptors (Lipinski definition) is 4. The molecule has 1 rings (SSSR count). The minimum absolute atomic E-state index is 0.00694. The monoisotopic (exact) mass is 317 g/mol. The minimum atomic E-state index is -4.05. The zero-order valence-corrected chi connectivity index (χ0v) is 13.3. The van der Waals surface area contributed by atoms with Crippen LogP contribution in [0.2, 0.25) is 0 Å².